The standard InChI is InChI=1S/C23H24N2O3/c1-2-28-19-14-8-7-13-18(19)25-22(26)20(17-11-5-3-6-12-17)21(23(25)27)24-15-9-4-10-16-24/h3,5-8,11-14H,2,4,9-10,15-16H2,1H3. The van der Waals surface area contributed by atoms with Gasteiger partial charge in [0.25, 0.3) is 11.8 Å². The third kappa shape index (κ3) is 3.17. The molecule has 0 atom stereocenters. The summed E-state index contributed by atoms with van der Waals surface area (Å²) in [5.41, 5.74) is 2.28. The van der Waals surface area contributed by atoms with E-state index >= 15 is 0 Å². The molecule has 2 aromatic rings. The van der Waals surface area contributed by atoms with Gasteiger partial charge in [0.2, 0.25) is 0 Å². The van der Waals surface area contributed by atoms with Gasteiger partial charge in [-0.2, -0.15) is 0 Å². The van der Waals surface area contributed by atoms with Gasteiger partial charge in [0.1, 0.15) is 11.4 Å². The van der Waals surface area contributed by atoms with Crippen LogP contribution in [0.25, 0.3) is 5.57 Å². The second kappa shape index (κ2) is 7.89. The van der Waals surface area contributed by atoms with Crippen LogP contribution in [0.2, 0.25) is 0 Å². The monoisotopic (exact) mass is 376 g/mol. The zero-order chi connectivity index (χ0) is 19.5. The topological polar surface area (TPSA) is 49.9 Å². The number of anilines is 1. The molecule has 2 heterocycles. The summed E-state index contributed by atoms with van der Waals surface area (Å²) in [6.07, 6.45) is 3.22. The van der Waals surface area contributed by atoms with Crippen molar-refractivity contribution < 1.29 is 14.3 Å². The van der Waals surface area contributed by atoms with Crippen molar-refractivity contribution in [3.05, 3.63) is 65.9 Å². The number of nitrogens with zero attached hydrogens (tertiary/aromatic N) is 2. The lowest BCUT2D eigenvalue weighted by Gasteiger charge is -2.29. The van der Waals surface area contributed by atoms with Crippen LogP contribution < -0.4 is 9.64 Å². The predicted octanol–water partition coefficient (Wildman–Crippen LogP) is 3.86. The highest BCUT2D eigenvalue weighted by molar-refractivity contribution is 6.45. The molecule has 144 valence electrons. The second-order valence-electron chi connectivity index (χ2n) is 6.98. The lowest BCUT2D eigenvalue weighted by Crippen LogP contribution is -2.37. The van der Waals surface area contributed by atoms with E-state index in [1.807, 2.05) is 49.4 Å². The van der Waals surface area contributed by atoms with Gasteiger partial charge < -0.3 is 9.64 Å². The predicted molar refractivity (Wildman–Crippen MR) is 109 cm³/mol. The van der Waals surface area contributed by atoms with E-state index in [1.165, 1.54) is 4.90 Å². The van der Waals surface area contributed by atoms with Gasteiger partial charge in [0.05, 0.1) is 17.9 Å². The summed E-state index contributed by atoms with van der Waals surface area (Å²) in [5, 5.41) is 0. The molecule has 5 nitrogen and oxygen atoms in total. The summed E-state index contributed by atoms with van der Waals surface area (Å²) in [4.78, 5) is 30.4. The highest BCUT2D eigenvalue weighted by Gasteiger charge is 2.43. The van der Waals surface area contributed by atoms with Crippen LogP contribution in [0.4, 0.5) is 5.69 Å². The third-order valence-electron chi connectivity index (χ3n) is 5.20. The first-order valence-electron chi connectivity index (χ1n) is 9.87. The van der Waals surface area contributed by atoms with Crippen molar-refractivity contribution in [3.63, 3.8) is 0 Å². The van der Waals surface area contributed by atoms with Crippen molar-refractivity contribution in [1.29, 1.82) is 0 Å². The van der Waals surface area contributed by atoms with E-state index in [1.54, 1.807) is 12.1 Å². The van der Waals surface area contributed by atoms with E-state index in [-0.39, 0.29) is 11.8 Å². The molecule has 0 aromatic heterocycles. The number of amides is 2. The second-order valence-corrected chi connectivity index (χ2v) is 6.98. The van der Waals surface area contributed by atoms with Crippen molar-refractivity contribution in [2.45, 2.75) is 26.2 Å². The Balaban J connectivity index is 1.82. The fraction of sp³-hybridized carbons (Fsp3) is 0.304. The van der Waals surface area contributed by atoms with Crippen LogP contribution in [-0.2, 0) is 9.59 Å². The summed E-state index contributed by atoms with van der Waals surface area (Å²) >= 11 is 0. The largest absolute Gasteiger partial charge is 0.492 e. The van der Waals surface area contributed by atoms with Crippen molar-refractivity contribution in [2.75, 3.05) is 24.6 Å². The number of carbonyl (C=O) groups excluding carboxylic acids is 2. The maximum atomic E-state index is 13.5. The Bertz CT molecular complexity index is 914. The van der Waals surface area contributed by atoms with Crippen LogP contribution in [0.15, 0.2) is 60.3 Å². The molecular weight excluding hydrogens is 352 g/mol. The number of benzene rings is 2. The highest BCUT2D eigenvalue weighted by Crippen LogP contribution is 2.39. The molecule has 4 rings (SSSR count). The summed E-state index contributed by atoms with van der Waals surface area (Å²) in [6, 6.07) is 16.7. The molecule has 0 radical (unpaired) electrons. The van der Waals surface area contributed by atoms with Gasteiger partial charge in [-0.1, -0.05) is 42.5 Å². The van der Waals surface area contributed by atoms with E-state index < -0.39 is 0 Å². The fourth-order valence-electron chi connectivity index (χ4n) is 3.93. The van der Waals surface area contributed by atoms with E-state index in [9.17, 15) is 9.59 Å². The fourth-order valence-corrected chi connectivity index (χ4v) is 3.93. The molecule has 2 aliphatic heterocycles. The SMILES string of the molecule is CCOc1ccccc1N1C(=O)C(c2ccccc2)=C(N2CCCCC2)C1=O. The molecule has 2 aliphatic rings. The summed E-state index contributed by atoms with van der Waals surface area (Å²) < 4.78 is 5.69. The van der Waals surface area contributed by atoms with Crippen LogP contribution >= 0.6 is 0 Å². The molecule has 1 saturated heterocycles. The maximum Gasteiger partial charge on any atom is 0.282 e. The minimum atomic E-state index is -0.288. The van der Waals surface area contributed by atoms with Gasteiger partial charge in [-0.15, -0.1) is 0 Å². The lowest BCUT2D eigenvalue weighted by atomic mass is 10.0. The average molecular weight is 376 g/mol. The summed E-state index contributed by atoms with van der Waals surface area (Å²) in [5.74, 6) is -0.0131. The molecule has 0 aliphatic carbocycles. The smallest absolute Gasteiger partial charge is 0.282 e. The molecule has 0 N–H and O–H groups in total. The number of rotatable bonds is 5. The minimum absolute atomic E-state index is 0.266. The first kappa shape index (κ1) is 18.3. The van der Waals surface area contributed by atoms with Gasteiger partial charge in [0.15, 0.2) is 0 Å². The van der Waals surface area contributed by atoms with Gasteiger partial charge in [-0.3, -0.25) is 9.59 Å². The molecule has 2 amide bonds. The zero-order valence-corrected chi connectivity index (χ0v) is 16.1. The normalized spacial score (nSPS) is 17.5. The third-order valence-corrected chi connectivity index (χ3v) is 5.20. The van der Waals surface area contributed by atoms with Crippen LogP contribution in [0, 0.1) is 0 Å². The first-order chi connectivity index (χ1) is 13.7. The van der Waals surface area contributed by atoms with Gasteiger partial charge in [-0.25, -0.2) is 4.90 Å². The Morgan fingerprint density at radius 2 is 1.54 bits per heavy atom. The summed E-state index contributed by atoms with van der Waals surface area (Å²) in [7, 11) is 0. The first-order valence-corrected chi connectivity index (χ1v) is 9.87. The van der Waals surface area contributed by atoms with Crippen molar-refractivity contribution >= 4 is 23.1 Å². The van der Waals surface area contributed by atoms with E-state index in [0.717, 1.165) is 37.9 Å². The number of piperidine rings is 1. The van der Waals surface area contributed by atoms with Gasteiger partial charge in [0, 0.05) is 13.1 Å². The van der Waals surface area contributed by atoms with Crippen LogP contribution in [0.5, 0.6) is 5.75 Å². The Hall–Kier alpha value is -3.08. The van der Waals surface area contributed by atoms with Crippen LogP contribution in [0.1, 0.15) is 31.7 Å². The molecule has 1 fully saturated rings. The molecule has 0 unspecified atom stereocenters. The highest BCUT2D eigenvalue weighted by atomic mass is 16.5. The van der Waals surface area contributed by atoms with E-state index in [0.29, 0.717) is 29.3 Å². The molecule has 5 heteroatoms. The molecule has 28 heavy (non-hydrogen) atoms. The number of hydrogen-bond acceptors (Lipinski definition) is 4. The number of carbonyl (C=O) groups is 2. The molecule has 0 saturated carbocycles. The number of likely N-dealkylation sites (tertiary alicyclic amines) is 1. The maximum absolute atomic E-state index is 13.5. The van der Waals surface area contributed by atoms with Gasteiger partial charge in [-0.05, 0) is 43.9 Å². The number of ether oxygens (including phenoxy) is 1. The Morgan fingerprint density at radius 1 is 0.857 bits per heavy atom. The molecule has 0 spiro atoms. The van der Waals surface area contributed by atoms with E-state index in [2.05, 4.69) is 4.90 Å². The average Bonchev–Trinajstić information content (AvgIpc) is 3.00. The minimum Gasteiger partial charge on any atom is -0.492 e. The number of imide groups is 1. The quantitative estimate of drug-likeness (QED) is 0.744. The van der Waals surface area contributed by atoms with Crippen molar-refractivity contribution in [1.82, 2.24) is 4.90 Å². The summed E-state index contributed by atoms with van der Waals surface area (Å²) in [6.45, 7) is 3.94. The Morgan fingerprint density at radius 3 is 2.25 bits per heavy atom. The Kier molecular flexibility index (Phi) is 5.15. The number of hydrogen-bond donors (Lipinski definition) is 0. The van der Waals surface area contributed by atoms with Crippen LogP contribution in [-0.4, -0.2) is 36.4 Å². The van der Waals surface area contributed by atoms with Gasteiger partial charge >= 0.3 is 0 Å². The number of para-hydroxylation sites is 2. The molecular formula is C23H24N2O3. The zero-order valence-electron chi connectivity index (χ0n) is 16.1. The molecule has 2 aromatic carbocycles. The Labute approximate surface area is 165 Å². The molecule has 0 bridgehead atoms. The van der Waals surface area contributed by atoms with Crippen molar-refractivity contribution in [2.24, 2.45) is 0 Å². The van der Waals surface area contributed by atoms with Crippen molar-refractivity contribution in [3.8, 4) is 5.75 Å². The van der Waals surface area contributed by atoms with E-state index in [4.69, 9.17) is 4.74 Å². The lowest BCUT2D eigenvalue weighted by molar-refractivity contribution is -0.120. The van der Waals surface area contributed by atoms with Crippen LogP contribution in [0.3, 0.4) is 0 Å².